The fourth-order valence-corrected chi connectivity index (χ4v) is 2.39. The topological polar surface area (TPSA) is 46.9 Å². The van der Waals surface area contributed by atoms with Crippen molar-refractivity contribution in [3.05, 3.63) is 17.5 Å². The summed E-state index contributed by atoms with van der Waals surface area (Å²) in [4.78, 5) is 11.9. The van der Waals surface area contributed by atoms with E-state index in [9.17, 15) is 4.79 Å². The van der Waals surface area contributed by atoms with Gasteiger partial charge in [-0.25, -0.2) is 0 Å². The molecule has 4 heteroatoms. The predicted molar refractivity (Wildman–Crippen MR) is 66.9 cm³/mol. The highest BCUT2D eigenvalue weighted by Gasteiger charge is 2.19. The van der Waals surface area contributed by atoms with E-state index in [1.807, 2.05) is 17.8 Å². The zero-order valence-electron chi connectivity index (χ0n) is 10.7. The van der Waals surface area contributed by atoms with Crippen molar-refractivity contribution < 1.29 is 4.79 Å². The van der Waals surface area contributed by atoms with E-state index in [1.165, 1.54) is 0 Å². The Labute approximate surface area is 102 Å². The zero-order chi connectivity index (χ0) is 12.3. The highest BCUT2D eigenvalue weighted by atomic mass is 16.1. The number of rotatable bonds is 5. The Bertz CT molecular complexity index is 391. The maximum absolute atomic E-state index is 11.9. The van der Waals surface area contributed by atoms with Gasteiger partial charge < -0.3 is 5.32 Å². The first kappa shape index (κ1) is 12.3. The van der Waals surface area contributed by atoms with Crippen LogP contribution in [-0.4, -0.2) is 28.7 Å². The number of hydrogen-bond donors (Lipinski definition) is 1. The summed E-state index contributed by atoms with van der Waals surface area (Å²) in [6, 6.07) is 2.05. The molecule has 1 N–H and O–H groups in total. The minimum absolute atomic E-state index is 0.337. The number of hydrogen-bond acceptors (Lipinski definition) is 3. The van der Waals surface area contributed by atoms with Crippen LogP contribution in [0, 0.1) is 5.92 Å². The molecule has 1 aromatic heterocycles. The van der Waals surface area contributed by atoms with E-state index < -0.39 is 0 Å². The molecule has 17 heavy (non-hydrogen) atoms. The molecule has 0 spiro atoms. The van der Waals surface area contributed by atoms with E-state index in [2.05, 4.69) is 17.3 Å². The zero-order valence-corrected chi connectivity index (χ0v) is 10.7. The summed E-state index contributed by atoms with van der Waals surface area (Å²) in [6.45, 7) is 4.14. The average molecular weight is 235 g/mol. The van der Waals surface area contributed by atoms with Gasteiger partial charge >= 0.3 is 0 Å². The summed E-state index contributed by atoms with van der Waals surface area (Å²) in [5.41, 5.74) is 2.11. The van der Waals surface area contributed by atoms with Gasteiger partial charge in [0, 0.05) is 25.6 Å². The van der Waals surface area contributed by atoms with Crippen molar-refractivity contribution in [2.45, 2.75) is 32.6 Å². The number of aryl methyl sites for hydroxylation is 2. The molecule has 0 bridgehead atoms. The average Bonchev–Trinajstić information content (AvgIpc) is 2.89. The van der Waals surface area contributed by atoms with Crippen LogP contribution in [0.3, 0.4) is 0 Å². The molecule has 1 aromatic rings. The van der Waals surface area contributed by atoms with Crippen molar-refractivity contribution in [2.24, 2.45) is 13.0 Å². The molecule has 2 heterocycles. The smallest absolute Gasteiger partial charge is 0.139 e. The number of nitrogens with one attached hydrogen (secondary N) is 1. The molecule has 0 amide bonds. The van der Waals surface area contributed by atoms with E-state index in [0.29, 0.717) is 24.5 Å². The molecule has 4 nitrogen and oxygen atoms in total. The highest BCUT2D eigenvalue weighted by molar-refractivity contribution is 5.80. The van der Waals surface area contributed by atoms with E-state index >= 15 is 0 Å². The SMILES string of the molecule is CCc1cc(CC(=O)CC2CCNC2)n(C)n1. The van der Waals surface area contributed by atoms with Gasteiger partial charge in [0.25, 0.3) is 0 Å². The molecule has 0 saturated carbocycles. The lowest BCUT2D eigenvalue weighted by Gasteiger charge is -2.06. The number of aromatic nitrogens is 2. The first-order valence-electron chi connectivity index (χ1n) is 6.43. The van der Waals surface area contributed by atoms with Crippen molar-refractivity contribution in [1.82, 2.24) is 15.1 Å². The van der Waals surface area contributed by atoms with Crippen LogP contribution < -0.4 is 5.32 Å². The summed E-state index contributed by atoms with van der Waals surface area (Å²) < 4.78 is 1.84. The molecule has 2 rings (SSSR count). The fourth-order valence-electron chi connectivity index (χ4n) is 2.39. The third kappa shape index (κ3) is 3.16. The Hall–Kier alpha value is -1.16. The molecule has 0 aliphatic carbocycles. The van der Waals surface area contributed by atoms with E-state index in [4.69, 9.17) is 0 Å². The van der Waals surface area contributed by atoms with Crippen molar-refractivity contribution >= 4 is 5.78 Å². The summed E-state index contributed by atoms with van der Waals surface area (Å²) in [6.07, 6.45) is 3.30. The van der Waals surface area contributed by atoms with Crippen LogP contribution in [0.2, 0.25) is 0 Å². The fraction of sp³-hybridized carbons (Fsp3) is 0.692. The van der Waals surface area contributed by atoms with Crippen molar-refractivity contribution in [3.8, 4) is 0 Å². The molecule has 1 aliphatic heterocycles. The van der Waals surface area contributed by atoms with Gasteiger partial charge in [-0.2, -0.15) is 5.10 Å². The van der Waals surface area contributed by atoms with Gasteiger partial charge in [0.1, 0.15) is 5.78 Å². The molecule has 0 aromatic carbocycles. The molecule has 1 saturated heterocycles. The van der Waals surface area contributed by atoms with Crippen LogP contribution in [0.5, 0.6) is 0 Å². The highest BCUT2D eigenvalue weighted by Crippen LogP contribution is 2.14. The van der Waals surface area contributed by atoms with E-state index in [0.717, 1.165) is 37.3 Å². The van der Waals surface area contributed by atoms with Crippen molar-refractivity contribution in [2.75, 3.05) is 13.1 Å². The minimum atomic E-state index is 0.337. The lowest BCUT2D eigenvalue weighted by molar-refractivity contribution is -0.119. The number of carbonyl (C=O) groups is 1. The van der Waals surface area contributed by atoms with Gasteiger partial charge in [-0.05, 0) is 37.9 Å². The summed E-state index contributed by atoms with van der Waals surface area (Å²) in [7, 11) is 1.92. The number of nitrogens with zero attached hydrogens (tertiary/aromatic N) is 2. The van der Waals surface area contributed by atoms with Crippen molar-refractivity contribution in [1.29, 1.82) is 0 Å². The van der Waals surface area contributed by atoms with Gasteiger partial charge in [-0.3, -0.25) is 9.48 Å². The molecule has 1 aliphatic rings. The van der Waals surface area contributed by atoms with E-state index in [-0.39, 0.29) is 0 Å². The van der Waals surface area contributed by atoms with Gasteiger partial charge in [0.2, 0.25) is 0 Å². The van der Waals surface area contributed by atoms with Crippen LogP contribution in [0.1, 0.15) is 31.2 Å². The Morgan fingerprint density at radius 2 is 2.47 bits per heavy atom. The Kier molecular flexibility index (Phi) is 3.94. The molecule has 94 valence electrons. The molecule has 0 radical (unpaired) electrons. The third-order valence-corrected chi connectivity index (χ3v) is 3.45. The lowest BCUT2D eigenvalue weighted by Crippen LogP contribution is -2.15. The number of ketones is 1. The Morgan fingerprint density at radius 1 is 1.65 bits per heavy atom. The largest absolute Gasteiger partial charge is 0.316 e. The van der Waals surface area contributed by atoms with Gasteiger partial charge in [-0.1, -0.05) is 6.92 Å². The Morgan fingerprint density at radius 3 is 3.06 bits per heavy atom. The van der Waals surface area contributed by atoms with Crippen LogP contribution in [-0.2, 0) is 24.7 Å². The third-order valence-electron chi connectivity index (χ3n) is 3.45. The van der Waals surface area contributed by atoms with Crippen LogP contribution >= 0.6 is 0 Å². The number of carbonyl (C=O) groups excluding carboxylic acids is 1. The second-order valence-electron chi connectivity index (χ2n) is 4.88. The predicted octanol–water partition coefficient (Wildman–Crippen LogP) is 1.09. The molecular weight excluding hydrogens is 214 g/mol. The van der Waals surface area contributed by atoms with Gasteiger partial charge in [0.15, 0.2) is 0 Å². The van der Waals surface area contributed by atoms with Crippen LogP contribution in [0.4, 0.5) is 0 Å². The summed E-state index contributed by atoms with van der Waals surface area (Å²) in [5.74, 6) is 0.880. The van der Waals surface area contributed by atoms with Crippen LogP contribution in [0.15, 0.2) is 6.07 Å². The number of Topliss-reactive ketones (excluding diaryl/α,β-unsaturated/α-hetero) is 1. The molecule has 1 atom stereocenters. The summed E-state index contributed by atoms with van der Waals surface area (Å²) in [5, 5.41) is 7.66. The van der Waals surface area contributed by atoms with Crippen molar-refractivity contribution in [3.63, 3.8) is 0 Å². The first-order valence-corrected chi connectivity index (χ1v) is 6.43. The quantitative estimate of drug-likeness (QED) is 0.831. The minimum Gasteiger partial charge on any atom is -0.316 e. The maximum Gasteiger partial charge on any atom is 0.139 e. The van der Waals surface area contributed by atoms with Crippen LogP contribution in [0.25, 0.3) is 0 Å². The first-order chi connectivity index (χ1) is 8.19. The summed E-state index contributed by atoms with van der Waals surface area (Å²) >= 11 is 0. The van der Waals surface area contributed by atoms with E-state index in [1.54, 1.807) is 0 Å². The monoisotopic (exact) mass is 235 g/mol. The normalized spacial score (nSPS) is 19.8. The second kappa shape index (κ2) is 5.45. The second-order valence-corrected chi connectivity index (χ2v) is 4.88. The molecule has 1 fully saturated rings. The van der Waals surface area contributed by atoms with Gasteiger partial charge in [-0.15, -0.1) is 0 Å². The van der Waals surface area contributed by atoms with Gasteiger partial charge in [0.05, 0.1) is 5.69 Å². The standard InChI is InChI=1S/C13H21N3O/c1-3-11-7-12(16(2)15-11)8-13(17)6-10-4-5-14-9-10/h7,10,14H,3-6,8-9H2,1-2H3. The lowest BCUT2D eigenvalue weighted by atomic mass is 9.99. The maximum atomic E-state index is 11.9. The Balaban J connectivity index is 1.90. The molecule has 1 unspecified atom stereocenters. The molecular formula is C13H21N3O.